The van der Waals surface area contributed by atoms with Gasteiger partial charge in [-0.15, -0.1) is 0 Å². The van der Waals surface area contributed by atoms with Gasteiger partial charge in [0, 0.05) is 33.1 Å². The molecule has 1 aromatic heterocycles. The van der Waals surface area contributed by atoms with Gasteiger partial charge < -0.3 is 19.1 Å². The van der Waals surface area contributed by atoms with Crippen molar-refractivity contribution in [3.63, 3.8) is 0 Å². The van der Waals surface area contributed by atoms with E-state index in [1.54, 1.807) is 33.7 Å². The number of anilines is 1. The number of rotatable bonds is 4. The molecule has 174 valence electrons. The molecule has 0 aliphatic carbocycles. The van der Waals surface area contributed by atoms with Gasteiger partial charge in [0.15, 0.2) is 0 Å². The van der Waals surface area contributed by atoms with Crippen molar-refractivity contribution in [2.45, 2.75) is 19.6 Å². The largest absolute Gasteiger partial charge is 0.465 e. The molecule has 0 radical (unpaired) electrons. The third kappa shape index (κ3) is 4.50. The van der Waals surface area contributed by atoms with E-state index in [0.717, 1.165) is 6.07 Å². The Labute approximate surface area is 188 Å². The SMILES string of the molecule is COC(=O)c1ccc2c(c1)nc(N1CCN(C(C)=O)CC1)n2Cc1ccccc1C(F)(F)F. The van der Waals surface area contributed by atoms with E-state index in [1.165, 1.54) is 26.2 Å². The van der Waals surface area contributed by atoms with Crippen molar-refractivity contribution in [2.24, 2.45) is 0 Å². The number of aromatic nitrogens is 2. The van der Waals surface area contributed by atoms with Gasteiger partial charge >= 0.3 is 12.1 Å². The third-order valence-corrected chi connectivity index (χ3v) is 5.81. The van der Waals surface area contributed by atoms with Crippen LogP contribution in [0.15, 0.2) is 42.5 Å². The van der Waals surface area contributed by atoms with E-state index in [0.29, 0.717) is 48.7 Å². The van der Waals surface area contributed by atoms with Gasteiger partial charge in [-0.2, -0.15) is 13.2 Å². The minimum atomic E-state index is -4.49. The number of carbonyl (C=O) groups excluding carboxylic acids is 2. The number of benzene rings is 2. The Bertz CT molecular complexity index is 1200. The summed E-state index contributed by atoms with van der Waals surface area (Å²) in [5.41, 5.74) is 0.795. The maximum absolute atomic E-state index is 13.6. The Morgan fingerprint density at radius 3 is 2.39 bits per heavy atom. The predicted molar refractivity (Wildman–Crippen MR) is 116 cm³/mol. The standard InChI is InChI=1S/C23H23F3N4O3/c1-15(31)28-9-11-29(12-10-28)22-27-19-13-16(21(32)33-2)7-8-20(19)30(22)14-17-5-3-4-6-18(17)23(24,25)26/h3-8,13H,9-12,14H2,1-2H3. The summed E-state index contributed by atoms with van der Waals surface area (Å²) in [4.78, 5) is 32.0. The minimum absolute atomic E-state index is 0.0232. The maximum atomic E-state index is 13.6. The van der Waals surface area contributed by atoms with E-state index in [-0.39, 0.29) is 18.0 Å². The Kier molecular flexibility index (Phi) is 6.01. The Morgan fingerprint density at radius 2 is 1.76 bits per heavy atom. The summed E-state index contributed by atoms with van der Waals surface area (Å²) >= 11 is 0. The second-order valence-electron chi connectivity index (χ2n) is 7.84. The highest BCUT2D eigenvalue weighted by atomic mass is 19.4. The van der Waals surface area contributed by atoms with E-state index < -0.39 is 17.7 Å². The van der Waals surface area contributed by atoms with Crippen LogP contribution in [0.1, 0.15) is 28.4 Å². The number of methoxy groups -OCH3 is 1. The lowest BCUT2D eigenvalue weighted by molar-refractivity contribution is -0.138. The van der Waals surface area contributed by atoms with Crippen LogP contribution >= 0.6 is 0 Å². The van der Waals surface area contributed by atoms with Crippen LogP contribution in [0.2, 0.25) is 0 Å². The predicted octanol–water partition coefficient (Wildman–Crippen LogP) is 3.56. The molecule has 4 rings (SSSR count). The van der Waals surface area contributed by atoms with Gasteiger partial charge in [0.05, 0.1) is 35.8 Å². The molecule has 3 aromatic rings. The number of amides is 1. The quantitative estimate of drug-likeness (QED) is 0.557. The van der Waals surface area contributed by atoms with E-state index >= 15 is 0 Å². The lowest BCUT2D eigenvalue weighted by atomic mass is 10.1. The van der Waals surface area contributed by atoms with E-state index in [1.807, 2.05) is 4.90 Å². The third-order valence-electron chi connectivity index (χ3n) is 5.81. The van der Waals surface area contributed by atoms with Gasteiger partial charge in [0.25, 0.3) is 0 Å². The zero-order chi connectivity index (χ0) is 23.8. The minimum Gasteiger partial charge on any atom is -0.465 e. The molecule has 0 bridgehead atoms. The summed E-state index contributed by atoms with van der Waals surface area (Å²) in [7, 11) is 1.28. The normalized spacial score (nSPS) is 14.6. The zero-order valence-corrected chi connectivity index (χ0v) is 18.2. The lowest BCUT2D eigenvalue weighted by Gasteiger charge is -2.35. The van der Waals surface area contributed by atoms with Crippen molar-refractivity contribution < 1.29 is 27.5 Å². The van der Waals surface area contributed by atoms with Gasteiger partial charge in [-0.1, -0.05) is 18.2 Å². The summed E-state index contributed by atoms with van der Waals surface area (Å²) < 4.78 is 47.4. The van der Waals surface area contributed by atoms with Crippen LogP contribution in [-0.4, -0.2) is 59.6 Å². The molecule has 0 unspecified atom stereocenters. The molecule has 1 amide bonds. The zero-order valence-electron chi connectivity index (χ0n) is 18.2. The van der Waals surface area contributed by atoms with Gasteiger partial charge in [0.2, 0.25) is 11.9 Å². The number of nitrogens with zero attached hydrogens (tertiary/aromatic N) is 4. The molecule has 10 heteroatoms. The molecule has 2 aromatic carbocycles. The number of halogens is 3. The Hall–Kier alpha value is -3.56. The summed E-state index contributed by atoms with van der Waals surface area (Å²) in [6.07, 6.45) is -4.49. The molecule has 7 nitrogen and oxygen atoms in total. The number of imidazole rings is 1. The van der Waals surface area contributed by atoms with Gasteiger partial charge in [-0.05, 0) is 29.8 Å². The number of piperazine rings is 1. The van der Waals surface area contributed by atoms with E-state index in [2.05, 4.69) is 4.98 Å². The van der Waals surface area contributed by atoms with Crippen LogP contribution in [0.5, 0.6) is 0 Å². The highest BCUT2D eigenvalue weighted by Gasteiger charge is 2.33. The molecule has 0 atom stereocenters. The number of hydrogen-bond donors (Lipinski definition) is 0. The molecule has 1 saturated heterocycles. The average molecular weight is 460 g/mol. The first kappa shape index (κ1) is 22.6. The van der Waals surface area contributed by atoms with Gasteiger partial charge in [0.1, 0.15) is 0 Å². The first-order valence-corrected chi connectivity index (χ1v) is 10.4. The number of esters is 1. The van der Waals surface area contributed by atoms with Crippen molar-refractivity contribution in [3.8, 4) is 0 Å². The molecule has 1 fully saturated rings. The van der Waals surface area contributed by atoms with Crippen LogP contribution in [0, 0.1) is 0 Å². The van der Waals surface area contributed by atoms with Crippen LogP contribution in [-0.2, 0) is 22.3 Å². The van der Waals surface area contributed by atoms with Crippen molar-refractivity contribution in [1.29, 1.82) is 0 Å². The molecular formula is C23H23F3N4O3. The summed E-state index contributed by atoms with van der Waals surface area (Å²) in [5, 5.41) is 0. The number of alkyl halides is 3. The van der Waals surface area contributed by atoms with Crippen LogP contribution in [0.4, 0.5) is 19.1 Å². The van der Waals surface area contributed by atoms with Crippen molar-refractivity contribution in [2.75, 3.05) is 38.2 Å². The molecule has 0 N–H and O–H groups in total. The molecule has 0 spiro atoms. The van der Waals surface area contributed by atoms with Crippen LogP contribution < -0.4 is 4.90 Å². The molecule has 2 heterocycles. The fraction of sp³-hybridized carbons (Fsp3) is 0.348. The second kappa shape index (κ2) is 8.76. The highest BCUT2D eigenvalue weighted by Crippen LogP contribution is 2.34. The van der Waals surface area contributed by atoms with Crippen LogP contribution in [0.3, 0.4) is 0 Å². The summed E-state index contributed by atoms with van der Waals surface area (Å²) in [6.45, 7) is 3.43. The fourth-order valence-electron chi connectivity index (χ4n) is 4.09. The monoisotopic (exact) mass is 460 g/mol. The smallest absolute Gasteiger partial charge is 0.416 e. The van der Waals surface area contributed by atoms with Crippen molar-refractivity contribution in [1.82, 2.24) is 14.5 Å². The Balaban J connectivity index is 1.79. The maximum Gasteiger partial charge on any atom is 0.416 e. The summed E-state index contributed by atoms with van der Waals surface area (Å²) in [5.74, 6) is -0.0531. The van der Waals surface area contributed by atoms with Gasteiger partial charge in [-0.3, -0.25) is 4.79 Å². The molecule has 0 saturated carbocycles. The lowest BCUT2D eigenvalue weighted by Crippen LogP contribution is -2.48. The van der Waals surface area contributed by atoms with Gasteiger partial charge in [-0.25, -0.2) is 9.78 Å². The summed E-state index contributed by atoms with van der Waals surface area (Å²) in [6, 6.07) is 10.3. The van der Waals surface area contributed by atoms with E-state index in [4.69, 9.17) is 4.74 Å². The highest BCUT2D eigenvalue weighted by molar-refractivity contribution is 5.94. The fourth-order valence-corrected chi connectivity index (χ4v) is 4.09. The first-order valence-electron chi connectivity index (χ1n) is 10.4. The van der Waals surface area contributed by atoms with Crippen molar-refractivity contribution in [3.05, 3.63) is 59.2 Å². The number of hydrogen-bond acceptors (Lipinski definition) is 5. The average Bonchev–Trinajstić information content (AvgIpc) is 3.15. The first-order chi connectivity index (χ1) is 15.7. The Morgan fingerprint density at radius 1 is 1.06 bits per heavy atom. The molecule has 1 aliphatic rings. The second-order valence-corrected chi connectivity index (χ2v) is 7.84. The van der Waals surface area contributed by atoms with E-state index in [9.17, 15) is 22.8 Å². The molecular weight excluding hydrogens is 437 g/mol. The van der Waals surface area contributed by atoms with Crippen LogP contribution in [0.25, 0.3) is 11.0 Å². The topological polar surface area (TPSA) is 67.7 Å². The number of carbonyl (C=O) groups is 2. The number of ether oxygens (including phenoxy) is 1. The number of fused-ring (bicyclic) bond motifs is 1. The van der Waals surface area contributed by atoms with Crippen molar-refractivity contribution >= 4 is 28.9 Å². The molecule has 33 heavy (non-hydrogen) atoms. The molecule has 1 aliphatic heterocycles.